The van der Waals surface area contributed by atoms with Crippen molar-refractivity contribution < 1.29 is 21.6 Å². The van der Waals surface area contributed by atoms with Crippen LogP contribution in [0, 0.1) is 5.41 Å². The van der Waals surface area contributed by atoms with Crippen molar-refractivity contribution in [3.8, 4) is 0 Å². The number of anilines is 2. The van der Waals surface area contributed by atoms with Crippen LogP contribution < -0.4 is 8.61 Å². The lowest BCUT2D eigenvalue weighted by Gasteiger charge is -2.21. The van der Waals surface area contributed by atoms with Gasteiger partial charge in [-0.3, -0.25) is 9.10 Å². The van der Waals surface area contributed by atoms with E-state index in [0.717, 1.165) is 8.61 Å². The van der Waals surface area contributed by atoms with Crippen molar-refractivity contribution in [3.05, 3.63) is 54.6 Å². The molecule has 7 nitrogen and oxygen atoms in total. The summed E-state index contributed by atoms with van der Waals surface area (Å²) in [4.78, 5) is 12.4. The number of sulfonamides is 2. The predicted octanol–water partition coefficient (Wildman–Crippen LogP) is 2.21. The number of hydrogen-bond acceptors (Lipinski definition) is 5. The molecular weight excluding hydrogens is 388 g/mol. The number of rotatable bonds is 4. The normalized spacial score (nSPS) is 18.5. The Labute approximate surface area is 159 Å². The molecule has 3 rings (SSSR count). The smallest absolute Gasteiger partial charge is 0.264 e. The Morgan fingerprint density at radius 1 is 1.00 bits per heavy atom. The molecule has 1 amide bonds. The molecule has 0 aromatic heterocycles. The molecule has 2 aromatic rings. The van der Waals surface area contributed by atoms with E-state index in [1.165, 1.54) is 31.3 Å². The molecule has 2 aromatic carbocycles. The molecule has 1 aliphatic heterocycles. The second kappa shape index (κ2) is 6.35. The van der Waals surface area contributed by atoms with E-state index in [2.05, 4.69) is 0 Å². The van der Waals surface area contributed by atoms with Crippen LogP contribution in [0.25, 0.3) is 0 Å². The highest BCUT2D eigenvalue weighted by Gasteiger charge is 2.49. The van der Waals surface area contributed by atoms with Gasteiger partial charge in [0.1, 0.15) is 0 Å². The maximum atomic E-state index is 12.8. The third-order valence-electron chi connectivity index (χ3n) is 4.43. The summed E-state index contributed by atoms with van der Waals surface area (Å²) in [5, 5.41) is 0. The molecule has 1 heterocycles. The molecule has 0 atom stereocenters. The number of benzene rings is 2. The number of carbonyl (C=O) groups is 1. The summed E-state index contributed by atoms with van der Waals surface area (Å²) in [7, 11) is -6.16. The third-order valence-corrected chi connectivity index (χ3v) is 8.25. The summed E-state index contributed by atoms with van der Waals surface area (Å²) in [5.41, 5.74) is -0.385. The van der Waals surface area contributed by atoms with Crippen LogP contribution in [0.3, 0.4) is 0 Å². The standard InChI is InChI=1S/C18H20N2O5S2/c1-18(2)13-26(22,23)20(17(18)21)15-9-11-16(12-10-15)27(24,25)19(3)14-7-5-4-6-8-14/h4-12H,13H2,1-3H3. The van der Waals surface area contributed by atoms with E-state index in [1.807, 2.05) is 0 Å². The maximum absolute atomic E-state index is 12.8. The molecule has 144 valence electrons. The van der Waals surface area contributed by atoms with Crippen LogP contribution in [0.2, 0.25) is 0 Å². The van der Waals surface area contributed by atoms with Crippen molar-refractivity contribution in [2.75, 3.05) is 21.4 Å². The minimum absolute atomic E-state index is 0.000840. The molecule has 1 saturated heterocycles. The zero-order valence-corrected chi connectivity index (χ0v) is 16.8. The summed E-state index contributed by atoms with van der Waals surface area (Å²) < 4.78 is 52.2. The molecule has 1 aliphatic rings. The lowest BCUT2D eigenvalue weighted by Crippen LogP contribution is -2.33. The first-order valence-corrected chi connectivity index (χ1v) is 11.2. The molecule has 0 bridgehead atoms. The zero-order chi connectivity index (χ0) is 20.0. The van der Waals surface area contributed by atoms with Gasteiger partial charge in [-0.1, -0.05) is 18.2 Å². The number of para-hydroxylation sites is 1. The lowest BCUT2D eigenvalue weighted by atomic mass is 9.95. The van der Waals surface area contributed by atoms with Crippen LogP contribution in [0.1, 0.15) is 13.8 Å². The Morgan fingerprint density at radius 3 is 2.04 bits per heavy atom. The van der Waals surface area contributed by atoms with Gasteiger partial charge in [-0.05, 0) is 50.2 Å². The van der Waals surface area contributed by atoms with Gasteiger partial charge in [0.15, 0.2) is 0 Å². The van der Waals surface area contributed by atoms with Crippen LogP contribution in [-0.2, 0) is 24.8 Å². The fourth-order valence-electron chi connectivity index (χ4n) is 2.95. The number of hydrogen-bond donors (Lipinski definition) is 0. The largest absolute Gasteiger partial charge is 0.273 e. The van der Waals surface area contributed by atoms with E-state index in [1.54, 1.807) is 44.2 Å². The average molecular weight is 409 g/mol. The quantitative estimate of drug-likeness (QED) is 0.773. The van der Waals surface area contributed by atoms with E-state index in [0.29, 0.717) is 5.69 Å². The molecule has 1 fully saturated rings. The molecule has 0 spiro atoms. The third kappa shape index (κ3) is 3.32. The highest BCUT2D eigenvalue weighted by atomic mass is 32.2. The minimum Gasteiger partial charge on any atom is -0.273 e. The Kier molecular flexibility index (Phi) is 4.55. The van der Waals surface area contributed by atoms with Crippen molar-refractivity contribution in [2.45, 2.75) is 18.7 Å². The zero-order valence-electron chi connectivity index (χ0n) is 15.2. The van der Waals surface area contributed by atoms with E-state index < -0.39 is 31.4 Å². The molecular formula is C18H20N2O5S2. The number of carbonyl (C=O) groups excluding carboxylic acids is 1. The van der Waals surface area contributed by atoms with Crippen molar-refractivity contribution in [1.82, 2.24) is 0 Å². The highest BCUT2D eigenvalue weighted by molar-refractivity contribution is 7.94. The maximum Gasteiger partial charge on any atom is 0.264 e. The van der Waals surface area contributed by atoms with E-state index in [-0.39, 0.29) is 16.3 Å². The second-order valence-electron chi connectivity index (χ2n) is 7.01. The second-order valence-corrected chi connectivity index (χ2v) is 10.8. The van der Waals surface area contributed by atoms with Crippen LogP contribution in [0.5, 0.6) is 0 Å². The first-order valence-electron chi connectivity index (χ1n) is 8.18. The summed E-state index contributed by atoms with van der Waals surface area (Å²) in [5.74, 6) is -0.810. The van der Waals surface area contributed by atoms with Crippen LogP contribution in [0.4, 0.5) is 11.4 Å². The van der Waals surface area contributed by atoms with Crippen molar-refractivity contribution in [2.24, 2.45) is 5.41 Å². The number of nitrogens with zero attached hydrogens (tertiary/aromatic N) is 2. The van der Waals surface area contributed by atoms with Gasteiger partial charge in [0.25, 0.3) is 10.0 Å². The van der Waals surface area contributed by atoms with Gasteiger partial charge in [-0.15, -0.1) is 0 Å². The molecule has 0 saturated carbocycles. The van der Waals surface area contributed by atoms with E-state index >= 15 is 0 Å². The van der Waals surface area contributed by atoms with Crippen molar-refractivity contribution >= 4 is 37.3 Å². The van der Waals surface area contributed by atoms with Gasteiger partial charge in [0.05, 0.1) is 27.4 Å². The first-order chi connectivity index (χ1) is 12.5. The molecule has 0 N–H and O–H groups in total. The fourth-order valence-corrected chi connectivity index (χ4v) is 6.25. The Morgan fingerprint density at radius 2 is 1.56 bits per heavy atom. The molecule has 0 aliphatic carbocycles. The molecule has 0 unspecified atom stereocenters. The average Bonchev–Trinajstić information content (AvgIpc) is 2.78. The van der Waals surface area contributed by atoms with Crippen LogP contribution in [-0.4, -0.2) is 35.5 Å². The summed E-state index contributed by atoms with van der Waals surface area (Å²) >= 11 is 0. The Balaban J connectivity index is 1.95. The topological polar surface area (TPSA) is 91.8 Å². The summed E-state index contributed by atoms with van der Waals surface area (Å²) in [6.45, 7) is 3.14. The highest BCUT2D eigenvalue weighted by Crippen LogP contribution is 2.36. The van der Waals surface area contributed by atoms with E-state index in [9.17, 15) is 21.6 Å². The van der Waals surface area contributed by atoms with Gasteiger partial charge in [0, 0.05) is 7.05 Å². The van der Waals surface area contributed by atoms with E-state index in [4.69, 9.17) is 0 Å². The van der Waals surface area contributed by atoms with Gasteiger partial charge >= 0.3 is 0 Å². The minimum atomic E-state index is -3.82. The predicted molar refractivity (Wildman–Crippen MR) is 104 cm³/mol. The Hall–Kier alpha value is -2.39. The molecule has 9 heteroatoms. The van der Waals surface area contributed by atoms with Gasteiger partial charge in [0.2, 0.25) is 15.9 Å². The molecule has 27 heavy (non-hydrogen) atoms. The lowest BCUT2D eigenvalue weighted by molar-refractivity contribution is -0.123. The van der Waals surface area contributed by atoms with Crippen LogP contribution >= 0.6 is 0 Å². The Bertz CT molecular complexity index is 1080. The summed E-state index contributed by atoms with van der Waals surface area (Å²) in [6, 6.07) is 13.9. The fraction of sp³-hybridized carbons (Fsp3) is 0.278. The monoisotopic (exact) mass is 408 g/mol. The van der Waals surface area contributed by atoms with Gasteiger partial charge in [-0.2, -0.15) is 0 Å². The van der Waals surface area contributed by atoms with Crippen molar-refractivity contribution in [3.63, 3.8) is 0 Å². The first kappa shape index (κ1) is 19.4. The number of amides is 1. The van der Waals surface area contributed by atoms with Gasteiger partial charge in [-0.25, -0.2) is 21.1 Å². The van der Waals surface area contributed by atoms with Crippen molar-refractivity contribution in [1.29, 1.82) is 0 Å². The molecule has 0 radical (unpaired) electrons. The SMILES string of the molecule is CN(c1ccccc1)S(=O)(=O)c1ccc(N2C(=O)C(C)(C)CS2(=O)=O)cc1. The summed E-state index contributed by atoms with van der Waals surface area (Å²) in [6.07, 6.45) is 0. The van der Waals surface area contributed by atoms with Gasteiger partial charge < -0.3 is 0 Å². The van der Waals surface area contributed by atoms with Crippen LogP contribution in [0.15, 0.2) is 59.5 Å².